The molecule has 3 N–H and O–H groups in total. The number of nitrogens with one attached hydrogen (secondary N) is 3. The Hall–Kier alpha value is -3.89. The second-order valence-electron chi connectivity index (χ2n) is 8.14. The third-order valence-electron chi connectivity index (χ3n) is 5.54. The first-order valence-electron chi connectivity index (χ1n) is 11.2. The fraction of sp³-hybridized carbons (Fsp3) is 0.250. The molecule has 0 bridgehead atoms. The van der Waals surface area contributed by atoms with Gasteiger partial charge in [-0.25, -0.2) is 10.3 Å². The molecule has 0 radical (unpaired) electrons. The van der Waals surface area contributed by atoms with Crippen LogP contribution in [0.4, 0.5) is 17.3 Å². The number of morpholine rings is 1. The van der Waals surface area contributed by atoms with E-state index in [2.05, 4.69) is 20.6 Å². The van der Waals surface area contributed by atoms with E-state index in [-0.39, 0.29) is 17.1 Å². The van der Waals surface area contributed by atoms with Crippen molar-refractivity contribution in [2.75, 3.05) is 44.4 Å². The van der Waals surface area contributed by atoms with Gasteiger partial charge in [-0.05, 0) is 24.3 Å². The molecule has 1 aliphatic heterocycles. The summed E-state index contributed by atoms with van der Waals surface area (Å²) in [5, 5.41) is 14.3. The average molecular weight is 511 g/mol. The van der Waals surface area contributed by atoms with Crippen LogP contribution in [-0.2, 0) is 19.1 Å². The number of ether oxygens (including phenoxy) is 1. The number of hydrogen-bond acceptors (Lipinski definition) is 8. The zero-order valence-electron chi connectivity index (χ0n) is 19.6. The minimum atomic E-state index is -3.68. The van der Waals surface area contributed by atoms with E-state index < -0.39 is 10.1 Å². The number of anilines is 2. The van der Waals surface area contributed by atoms with E-state index in [1.165, 1.54) is 0 Å². The van der Waals surface area contributed by atoms with Gasteiger partial charge in [-0.15, -0.1) is 4.65 Å². The summed E-state index contributed by atoms with van der Waals surface area (Å²) in [4.78, 5) is 19.6. The molecule has 186 valence electrons. The van der Waals surface area contributed by atoms with Crippen LogP contribution in [0, 0.1) is 11.3 Å². The number of rotatable bonds is 8. The van der Waals surface area contributed by atoms with E-state index in [4.69, 9.17) is 14.3 Å². The standard InChI is InChI=1S/C24H24N6O5S/c1-36(32,33)35-30(14-16-34-17-15-30)21-8-6-20(7-9-21)28-24-27-12-10-22(29-24)18-2-4-19(5-3-18)23(31)26-13-11-25/h2-10,12H,13-17H2,1H3,(H-,26,27,28,29,31)/p+2. The van der Waals surface area contributed by atoms with Gasteiger partial charge in [0, 0.05) is 29.3 Å². The minimum absolute atomic E-state index is 0.0498. The Morgan fingerprint density at radius 3 is 2.47 bits per heavy atom. The lowest BCUT2D eigenvalue weighted by molar-refractivity contribution is -0.364. The normalized spacial score (nSPS) is 15.0. The summed E-state index contributed by atoms with van der Waals surface area (Å²) in [6, 6.07) is 17.9. The molecule has 1 aromatic heterocycles. The molecule has 2 aromatic carbocycles. The quantitative estimate of drug-likeness (QED) is 0.345. The third kappa shape index (κ3) is 6.21. The number of hydroxylamine groups is 2. The van der Waals surface area contributed by atoms with Crippen molar-refractivity contribution in [3.63, 3.8) is 0 Å². The number of nitrogens with zero attached hydrogens (tertiary/aromatic N) is 3. The van der Waals surface area contributed by atoms with Crippen LogP contribution >= 0.6 is 0 Å². The maximum atomic E-state index is 12.0. The SMILES string of the molecule is CS(=O)(=O)O[N+]1(c2ccc(Nc3nc(-c4ccc(C(=O)NCC#N)cc4)cc[nH+]3)cc2)CCOCC1. The number of hydrogen-bond donors (Lipinski definition) is 2. The van der Waals surface area contributed by atoms with Crippen molar-refractivity contribution in [3.8, 4) is 17.3 Å². The predicted octanol–water partition coefficient (Wildman–Crippen LogP) is 1.79. The number of aromatic nitrogens is 2. The van der Waals surface area contributed by atoms with Crippen LogP contribution < -0.4 is 20.3 Å². The highest BCUT2D eigenvalue weighted by atomic mass is 32.2. The largest absolute Gasteiger partial charge is 0.394 e. The van der Waals surface area contributed by atoms with Crippen LogP contribution in [-0.4, -0.2) is 58.4 Å². The lowest BCUT2D eigenvalue weighted by Crippen LogP contribution is -2.57. The van der Waals surface area contributed by atoms with E-state index in [0.29, 0.717) is 49.2 Å². The smallest absolute Gasteiger partial charge is 0.369 e. The molecule has 0 saturated carbocycles. The fourth-order valence-electron chi connectivity index (χ4n) is 3.85. The molecule has 0 unspecified atom stereocenters. The van der Waals surface area contributed by atoms with Gasteiger partial charge in [-0.1, -0.05) is 21.4 Å². The summed E-state index contributed by atoms with van der Waals surface area (Å²) in [7, 11) is -3.68. The van der Waals surface area contributed by atoms with Crippen molar-refractivity contribution in [2.24, 2.45) is 0 Å². The number of aromatic amines is 1. The number of nitriles is 1. The van der Waals surface area contributed by atoms with Crippen LogP contribution in [0.2, 0.25) is 0 Å². The molecular weight excluding hydrogens is 484 g/mol. The Balaban J connectivity index is 1.49. The van der Waals surface area contributed by atoms with Gasteiger partial charge in [0.15, 0.2) is 11.4 Å². The number of carbonyl (C=O) groups excluding carboxylic acids is 1. The molecule has 2 heterocycles. The Bertz CT molecular complexity index is 1370. The van der Waals surface area contributed by atoms with Crippen molar-refractivity contribution in [2.45, 2.75) is 0 Å². The van der Waals surface area contributed by atoms with Crippen LogP contribution in [0.1, 0.15) is 10.4 Å². The van der Waals surface area contributed by atoms with Crippen molar-refractivity contribution in [1.82, 2.24) is 14.9 Å². The van der Waals surface area contributed by atoms with Gasteiger partial charge < -0.3 is 10.1 Å². The highest BCUT2D eigenvalue weighted by Crippen LogP contribution is 2.29. The monoisotopic (exact) mass is 510 g/mol. The molecule has 0 spiro atoms. The number of carbonyl (C=O) groups is 1. The molecular formula is C24H26N6O5S+2. The summed E-state index contributed by atoms with van der Waals surface area (Å²) < 4.78 is 34.5. The van der Waals surface area contributed by atoms with Gasteiger partial charge in [0.25, 0.3) is 5.91 Å². The lowest BCUT2D eigenvalue weighted by Gasteiger charge is -2.35. The molecule has 0 aliphatic carbocycles. The molecule has 0 atom stereocenters. The number of H-pyrrole nitrogens is 1. The Morgan fingerprint density at radius 2 is 1.83 bits per heavy atom. The van der Waals surface area contributed by atoms with Gasteiger partial charge in [-0.2, -0.15) is 13.7 Å². The van der Waals surface area contributed by atoms with E-state index in [9.17, 15) is 13.2 Å². The van der Waals surface area contributed by atoms with Crippen molar-refractivity contribution < 1.29 is 27.2 Å². The van der Waals surface area contributed by atoms with Gasteiger partial charge in [0.2, 0.25) is 0 Å². The topological polar surface area (TPSA) is 145 Å². The van der Waals surface area contributed by atoms with E-state index >= 15 is 0 Å². The molecule has 1 amide bonds. The van der Waals surface area contributed by atoms with Crippen molar-refractivity contribution in [1.29, 1.82) is 5.26 Å². The van der Waals surface area contributed by atoms with Gasteiger partial charge >= 0.3 is 16.1 Å². The van der Waals surface area contributed by atoms with Crippen molar-refractivity contribution >= 4 is 33.3 Å². The summed E-state index contributed by atoms with van der Waals surface area (Å²) in [5.74, 6) is 0.185. The van der Waals surface area contributed by atoms with Crippen LogP contribution in [0.3, 0.4) is 0 Å². The Morgan fingerprint density at radius 1 is 1.14 bits per heavy atom. The number of quaternary nitrogens is 1. The first-order chi connectivity index (χ1) is 17.3. The highest BCUT2D eigenvalue weighted by molar-refractivity contribution is 7.85. The molecule has 1 aliphatic rings. The number of benzene rings is 2. The highest BCUT2D eigenvalue weighted by Gasteiger charge is 2.39. The zero-order chi connectivity index (χ0) is 25.6. The lowest BCUT2D eigenvalue weighted by atomic mass is 10.1. The maximum Gasteiger partial charge on any atom is 0.394 e. The maximum absolute atomic E-state index is 12.0. The minimum Gasteiger partial charge on any atom is -0.369 e. The van der Waals surface area contributed by atoms with Gasteiger partial charge in [0.05, 0.1) is 37.4 Å². The van der Waals surface area contributed by atoms with Crippen LogP contribution in [0.15, 0.2) is 60.8 Å². The predicted molar refractivity (Wildman–Crippen MR) is 132 cm³/mol. The Kier molecular flexibility index (Phi) is 7.56. The van der Waals surface area contributed by atoms with Gasteiger partial charge in [-0.3, -0.25) is 4.79 Å². The second-order valence-corrected chi connectivity index (χ2v) is 9.70. The molecule has 1 saturated heterocycles. The first kappa shape index (κ1) is 25.2. The average Bonchev–Trinajstić information content (AvgIpc) is 2.87. The van der Waals surface area contributed by atoms with E-state index in [1.54, 1.807) is 30.5 Å². The molecule has 4 rings (SSSR count). The van der Waals surface area contributed by atoms with E-state index in [0.717, 1.165) is 17.5 Å². The summed E-state index contributed by atoms with van der Waals surface area (Å²) >= 11 is 0. The van der Waals surface area contributed by atoms with Crippen LogP contribution in [0.5, 0.6) is 0 Å². The summed E-state index contributed by atoms with van der Waals surface area (Å²) in [6.07, 6.45) is 2.80. The van der Waals surface area contributed by atoms with E-state index in [1.807, 2.05) is 36.4 Å². The molecule has 11 nitrogen and oxygen atoms in total. The molecule has 3 aromatic rings. The van der Waals surface area contributed by atoms with Gasteiger partial charge in [0.1, 0.15) is 19.6 Å². The third-order valence-corrected chi connectivity index (χ3v) is 6.09. The Labute approximate surface area is 209 Å². The summed E-state index contributed by atoms with van der Waals surface area (Å²) in [5.41, 5.74) is 3.41. The van der Waals surface area contributed by atoms with Crippen LogP contribution in [0.25, 0.3) is 11.3 Å². The number of amides is 1. The molecule has 36 heavy (non-hydrogen) atoms. The zero-order valence-corrected chi connectivity index (χ0v) is 20.4. The summed E-state index contributed by atoms with van der Waals surface area (Å²) in [6.45, 7) is 1.51. The van der Waals surface area contributed by atoms with Crippen molar-refractivity contribution in [3.05, 3.63) is 66.4 Å². The first-order valence-corrected chi connectivity index (χ1v) is 13.0. The molecule has 1 fully saturated rings. The molecule has 12 heteroatoms. The fourth-order valence-corrected chi connectivity index (χ4v) is 4.61. The second kappa shape index (κ2) is 10.8.